The van der Waals surface area contributed by atoms with Crippen LogP contribution in [-0.2, 0) is 11.2 Å². The molecular weight excluding hydrogens is 260 g/mol. The highest BCUT2D eigenvalue weighted by molar-refractivity contribution is 5.14. The highest BCUT2D eigenvalue weighted by Gasteiger charge is 2.21. The molecule has 1 fully saturated rings. The lowest BCUT2D eigenvalue weighted by molar-refractivity contribution is 0.0767. The second-order valence-electron chi connectivity index (χ2n) is 6.25. The Hall–Kier alpha value is -0.900. The van der Waals surface area contributed by atoms with Gasteiger partial charge in [0.25, 0.3) is 0 Å². The minimum atomic E-state index is 0.352. The van der Waals surface area contributed by atoms with E-state index in [4.69, 9.17) is 4.74 Å². The van der Waals surface area contributed by atoms with Crippen molar-refractivity contribution >= 4 is 0 Å². The number of hydrogen-bond donors (Lipinski definition) is 1. The Morgan fingerprint density at radius 3 is 2.86 bits per heavy atom. The summed E-state index contributed by atoms with van der Waals surface area (Å²) in [6, 6.07) is 11.5. The third-order valence-electron chi connectivity index (χ3n) is 4.04. The summed E-state index contributed by atoms with van der Waals surface area (Å²) >= 11 is 0. The topological polar surface area (TPSA) is 24.5 Å². The Kier molecular flexibility index (Phi) is 7.20. The van der Waals surface area contributed by atoms with Gasteiger partial charge in [0.1, 0.15) is 0 Å². The summed E-state index contributed by atoms with van der Waals surface area (Å²) in [6.07, 6.45) is 3.90. The van der Waals surface area contributed by atoms with E-state index in [1.807, 2.05) is 0 Å². The zero-order valence-corrected chi connectivity index (χ0v) is 13.6. The van der Waals surface area contributed by atoms with E-state index in [1.165, 1.54) is 31.6 Å². The number of ether oxygens (including phenoxy) is 1. The van der Waals surface area contributed by atoms with E-state index in [-0.39, 0.29) is 0 Å². The molecule has 1 atom stereocenters. The molecule has 1 aromatic carbocycles. The summed E-state index contributed by atoms with van der Waals surface area (Å²) in [4.78, 5) is 2.58. The summed E-state index contributed by atoms with van der Waals surface area (Å²) < 4.78 is 5.56. The summed E-state index contributed by atoms with van der Waals surface area (Å²) in [6.45, 7) is 9.73. The fraction of sp³-hybridized carbons (Fsp3) is 0.667. The quantitative estimate of drug-likeness (QED) is 0.708. The van der Waals surface area contributed by atoms with Crippen LogP contribution in [0.4, 0.5) is 0 Å². The van der Waals surface area contributed by atoms with Crippen LogP contribution >= 0.6 is 0 Å². The third-order valence-corrected chi connectivity index (χ3v) is 4.04. The first kappa shape index (κ1) is 16.5. The smallest absolute Gasteiger partial charge is 0.0518 e. The van der Waals surface area contributed by atoms with Gasteiger partial charge >= 0.3 is 0 Å². The number of likely N-dealkylation sites (tertiary alicyclic amines) is 1. The normalized spacial score (nSPS) is 19.5. The largest absolute Gasteiger partial charge is 0.379 e. The fourth-order valence-electron chi connectivity index (χ4n) is 2.83. The Morgan fingerprint density at radius 1 is 1.29 bits per heavy atom. The van der Waals surface area contributed by atoms with Gasteiger partial charge in [-0.05, 0) is 51.8 Å². The van der Waals surface area contributed by atoms with Crippen molar-refractivity contribution in [2.75, 3.05) is 32.8 Å². The van der Waals surface area contributed by atoms with E-state index in [1.54, 1.807) is 0 Å². The van der Waals surface area contributed by atoms with Crippen molar-refractivity contribution in [3.8, 4) is 0 Å². The van der Waals surface area contributed by atoms with Crippen molar-refractivity contribution in [1.29, 1.82) is 0 Å². The first-order valence-corrected chi connectivity index (χ1v) is 8.35. The average molecular weight is 290 g/mol. The summed E-state index contributed by atoms with van der Waals surface area (Å²) in [7, 11) is 0. The number of rotatable bonds is 9. The van der Waals surface area contributed by atoms with Crippen molar-refractivity contribution in [2.45, 2.75) is 45.3 Å². The highest BCUT2D eigenvalue weighted by atomic mass is 16.5. The molecule has 118 valence electrons. The van der Waals surface area contributed by atoms with E-state index in [2.05, 4.69) is 54.4 Å². The lowest BCUT2D eigenvalue weighted by atomic mass is 10.1. The minimum absolute atomic E-state index is 0.352. The van der Waals surface area contributed by atoms with Crippen molar-refractivity contribution in [3.63, 3.8) is 0 Å². The van der Waals surface area contributed by atoms with Crippen LogP contribution in [0.5, 0.6) is 0 Å². The van der Waals surface area contributed by atoms with Crippen LogP contribution in [0.1, 0.15) is 32.3 Å². The second-order valence-corrected chi connectivity index (χ2v) is 6.25. The summed E-state index contributed by atoms with van der Waals surface area (Å²) in [5, 5.41) is 3.66. The van der Waals surface area contributed by atoms with Crippen LogP contribution in [0.15, 0.2) is 30.3 Å². The molecule has 1 aliphatic rings. The number of hydrogen-bond acceptors (Lipinski definition) is 3. The number of nitrogens with zero attached hydrogens (tertiary/aromatic N) is 1. The van der Waals surface area contributed by atoms with Crippen molar-refractivity contribution < 1.29 is 4.74 Å². The Bertz CT molecular complexity index is 380. The summed E-state index contributed by atoms with van der Waals surface area (Å²) in [5.41, 5.74) is 1.44. The zero-order valence-electron chi connectivity index (χ0n) is 13.6. The average Bonchev–Trinajstić information content (AvgIpc) is 2.93. The lowest BCUT2D eigenvalue weighted by Crippen LogP contribution is -2.34. The monoisotopic (exact) mass is 290 g/mol. The highest BCUT2D eigenvalue weighted by Crippen LogP contribution is 2.10. The van der Waals surface area contributed by atoms with E-state index in [9.17, 15) is 0 Å². The van der Waals surface area contributed by atoms with Crippen LogP contribution in [0.3, 0.4) is 0 Å². The van der Waals surface area contributed by atoms with Crippen LogP contribution in [0.2, 0.25) is 0 Å². The number of benzene rings is 1. The Morgan fingerprint density at radius 2 is 2.10 bits per heavy atom. The van der Waals surface area contributed by atoms with E-state index < -0.39 is 0 Å². The maximum atomic E-state index is 5.56. The summed E-state index contributed by atoms with van der Waals surface area (Å²) in [5.74, 6) is 0. The molecule has 3 nitrogen and oxygen atoms in total. The predicted molar refractivity (Wildman–Crippen MR) is 88.7 cm³/mol. The molecule has 1 saturated heterocycles. The molecule has 3 heteroatoms. The maximum absolute atomic E-state index is 5.56. The van der Waals surface area contributed by atoms with Crippen LogP contribution in [0, 0.1) is 0 Å². The standard InChI is InChI=1S/C18H30N2O/c1-16(2)21-14-6-11-19-18-10-13-20(15-18)12-9-17-7-4-3-5-8-17/h3-5,7-8,16,18-19H,6,9-15H2,1-2H3. The molecule has 1 N–H and O–H groups in total. The molecule has 1 aliphatic heterocycles. The second kappa shape index (κ2) is 9.19. The van der Waals surface area contributed by atoms with Crippen LogP contribution in [-0.4, -0.2) is 49.8 Å². The Labute approximate surface area is 129 Å². The SMILES string of the molecule is CC(C)OCCCNC1CCN(CCc2ccccc2)C1. The third kappa shape index (κ3) is 6.60. The van der Waals surface area contributed by atoms with Crippen molar-refractivity contribution in [3.05, 3.63) is 35.9 Å². The van der Waals surface area contributed by atoms with Gasteiger partial charge < -0.3 is 15.0 Å². The zero-order chi connectivity index (χ0) is 14.9. The lowest BCUT2D eigenvalue weighted by Gasteiger charge is -2.17. The fourth-order valence-corrected chi connectivity index (χ4v) is 2.83. The molecule has 0 aliphatic carbocycles. The van der Waals surface area contributed by atoms with Crippen LogP contribution < -0.4 is 5.32 Å². The van der Waals surface area contributed by atoms with Crippen molar-refractivity contribution in [2.24, 2.45) is 0 Å². The van der Waals surface area contributed by atoms with Gasteiger partial charge in [0.15, 0.2) is 0 Å². The molecule has 0 radical (unpaired) electrons. The molecule has 21 heavy (non-hydrogen) atoms. The van der Waals surface area contributed by atoms with E-state index in [0.717, 1.165) is 26.0 Å². The molecule has 0 spiro atoms. The molecule has 2 rings (SSSR count). The van der Waals surface area contributed by atoms with Gasteiger partial charge in [-0.2, -0.15) is 0 Å². The first-order chi connectivity index (χ1) is 10.2. The first-order valence-electron chi connectivity index (χ1n) is 8.35. The van der Waals surface area contributed by atoms with Crippen LogP contribution in [0.25, 0.3) is 0 Å². The Balaban J connectivity index is 1.54. The van der Waals surface area contributed by atoms with Gasteiger partial charge in [0.05, 0.1) is 6.10 Å². The minimum Gasteiger partial charge on any atom is -0.379 e. The molecule has 0 bridgehead atoms. The number of nitrogens with one attached hydrogen (secondary N) is 1. The molecule has 1 unspecified atom stereocenters. The molecular formula is C18H30N2O. The van der Waals surface area contributed by atoms with Crippen molar-refractivity contribution in [1.82, 2.24) is 10.2 Å². The molecule has 0 aromatic heterocycles. The van der Waals surface area contributed by atoms with E-state index >= 15 is 0 Å². The molecule has 1 heterocycles. The maximum Gasteiger partial charge on any atom is 0.0518 e. The molecule has 0 amide bonds. The van der Waals surface area contributed by atoms with Gasteiger partial charge in [-0.3, -0.25) is 0 Å². The molecule has 0 saturated carbocycles. The van der Waals surface area contributed by atoms with Gasteiger partial charge in [-0.1, -0.05) is 30.3 Å². The van der Waals surface area contributed by atoms with Gasteiger partial charge in [-0.25, -0.2) is 0 Å². The van der Waals surface area contributed by atoms with Gasteiger partial charge in [0, 0.05) is 25.7 Å². The van der Waals surface area contributed by atoms with Gasteiger partial charge in [0.2, 0.25) is 0 Å². The predicted octanol–water partition coefficient (Wildman–Crippen LogP) is 2.71. The van der Waals surface area contributed by atoms with Gasteiger partial charge in [-0.15, -0.1) is 0 Å². The van der Waals surface area contributed by atoms with E-state index in [0.29, 0.717) is 12.1 Å². The molecule has 1 aromatic rings.